The summed E-state index contributed by atoms with van der Waals surface area (Å²) in [6, 6.07) is 19.6. The molecular weight excluding hydrogens is 256 g/mol. The fraction of sp³-hybridized carbons (Fsp3) is 0.368. The van der Waals surface area contributed by atoms with E-state index in [2.05, 4.69) is 78.8 Å². The molecule has 0 aliphatic heterocycles. The summed E-state index contributed by atoms with van der Waals surface area (Å²) in [5.41, 5.74) is 4.16. The maximum atomic E-state index is 3.38. The van der Waals surface area contributed by atoms with Crippen LogP contribution in [0.15, 0.2) is 54.6 Å². The van der Waals surface area contributed by atoms with Crippen LogP contribution in [0.2, 0.25) is 0 Å². The molecule has 0 fully saturated rings. The van der Waals surface area contributed by atoms with Crippen molar-refractivity contribution in [2.24, 2.45) is 0 Å². The summed E-state index contributed by atoms with van der Waals surface area (Å²) in [4.78, 5) is 2.39. The second-order valence-electron chi connectivity index (χ2n) is 5.57. The standard InChI is InChI=1S/C19H26N2/c1-3-20-15-18-10-7-11-19(14-18)16-21(2)13-12-17-8-5-4-6-9-17/h4-11,14,20H,3,12-13,15-16H2,1-2H3. The largest absolute Gasteiger partial charge is 0.313 e. The molecule has 0 spiro atoms. The van der Waals surface area contributed by atoms with Gasteiger partial charge in [0.2, 0.25) is 0 Å². The molecule has 2 aromatic rings. The number of hydrogen-bond acceptors (Lipinski definition) is 2. The van der Waals surface area contributed by atoms with Crippen LogP contribution < -0.4 is 5.32 Å². The molecule has 0 aliphatic carbocycles. The maximum Gasteiger partial charge on any atom is 0.0230 e. The molecule has 1 N–H and O–H groups in total. The molecule has 112 valence electrons. The Morgan fingerprint density at radius 1 is 0.905 bits per heavy atom. The van der Waals surface area contributed by atoms with E-state index in [4.69, 9.17) is 0 Å². The Bertz CT molecular complexity index is 522. The van der Waals surface area contributed by atoms with E-state index >= 15 is 0 Å². The van der Waals surface area contributed by atoms with E-state index in [9.17, 15) is 0 Å². The van der Waals surface area contributed by atoms with Crippen molar-refractivity contribution in [2.75, 3.05) is 20.1 Å². The molecule has 0 saturated carbocycles. The Morgan fingerprint density at radius 2 is 1.62 bits per heavy atom. The molecule has 0 unspecified atom stereocenters. The third kappa shape index (κ3) is 5.70. The van der Waals surface area contributed by atoms with E-state index in [1.165, 1.54) is 16.7 Å². The average Bonchev–Trinajstić information content (AvgIpc) is 2.52. The molecular formula is C19H26N2. The fourth-order valence-electron chi connectivity index (χ4n) is 2.46. The number of nitrogens with zero attached hydrogens (tertiary/aromatic N) is 1. The molecule has 0 radical (unpaired) electrons. The summed E-state index contributed by atoms with van der Waals surface area (Å²) < 4.78 is 0. The lowest BCUT2D eigenvalue weighted by molar-refractivity contribution is 0.331. The van der Waals surface area contributed by atoms with Crippen LogP contribution in [0.1, 0.15) is 23.6 Å². The van der Waals surface area contributed by atoms with Crippen LogP contribution in [-0.4, -0.2) is 25.0 Å². The molecule has 0 heterocycles. The Hall–Kier alpha value is -1.64. The number of nitrogens with one attached hydrogen (secondary N) is 1. The molecule has 2 rings (SSSR count). The highest BCUT2D eigenvalue weighted by Crippen LogP contribution is 2.09. The first-order valence-corrected chi connectivity index (χ1v) is 7.79. The fourth-order valence-corrected chi connectivity index (χ4v) is 2.46. The molecule has 0 amide bonds. The predicted octanol–water partition coefficient (Wildman–Crippen LogP) is 3.47. The van der Waals surface area contributed by atoms with Crippen molar-refractivity contribution in [1.29, 1.82) is 0 Å². The van der Waals surface area contributed by atoms with E-state index in [0.29, 0.717) is 0 Å². The minimum Gasteiger partial charge on any atom is -0.313 e. The molecule has 2 nitrogen and oxygen atoms in total. The SMILES string of the molecule is CCNCc1cccc(CN(C)CCc2ccccc2)c1. The highest BCUT2D eigenvalue weighted by molar-refractivity contribution is 5.23. The van der Waals surface area contributed by atoms with Gasteiger partial charge in [0.1, 0.15) is 0 Å². The van der Waals surface area contributed by atoms with Crippen LogP contribution in [0.5, 0.6) is 0 Å². The zero-order valence-corrected chi connectivity index (χ0v) is 13.2. The minimum atomic E-state index is 0.956. The summed E-state index contributed by atoms with van der Waals surface area (Å²) in [5, 5.41) is 3.38. The van der Waals surface area contributed by atoms with E-state index < -0.39 is 0 Å². The van der Waals surface area contributed by atoms with Gasteiger partial charge >= 0.3 is 0 Å². The summed E-state index contributed by atoms with van der Waals surface area (Å²) in [6.07, 6.45) is 1.11. The lowest BCUT2D eigenvalue weighted by Crippen LogP contribution is -2.21. The van der Waals surface area contributed by atoms with Crippen molar-refractivity contribution >= 4 is 0 Å². The van der Waals surface area contributed by atoms with Crippen LogP contribution >= 0.6 is 0 Å². The number of likely N-dealkylation sites (N-methyl/N-ethyl adjacent to an activating group) is 1. The smallest absolute Gasteiger partial charge is 0.0230 e. The van der Waals surface area contributed by atoms with E-state index in [-0.39, 0.29) is 0 Å². The van der Waals surface area contributed by atoms with Gasteiger partial charge in [0.05, 0.1) is 0 Å². The van der Waals surface area contributed by atoms with Gasteiger partial charge in [-0.25, -0.2) is 0 Å². The first-order valence-electron chi connectivity index (χ1n) is 7.79. The number of hydrogen-bond donors (Lipinski definition) is 1. The van der Waals surface area contributed by atoms with Gasteiger partial charge in [-0.2, -0.15) is 0 Å². The molecule has 2 heteroatoms. The van der Waals surface area contributed by atoms with Crippen LogP contribution in [0.25, 0.3) is 0 Å². The van der Waals surface area contributed by atoms with Crippen molar-refractivity contribution in [1.82, 2.24) is 10.2 Å². The molecule has 0 aliphatic rings. The lowest BCUT2D eigenvalue weighted by Gasteiger charge is -2.17. The second-order valence-corrected chi connectivity index (χ2v) is 5.57. The Kier molecular flexibility index (Phi) is 6.45. The monoisotopic (exact) mass is 282 g/mol. The van der Waals surface area contributed by atoms with Crippen molar-refractivity contribution in [3.8, 4) is 0 Å². The molecule has 0 saturated heterocycles. The van der Waals surface area contributed by atoms with Crippen molar-refractivity contribution in [3.63, 3.8) is 0 Å². The Morgan fingerprint density at radius 3 is 2.38 bits per heavy atom. The molecule has 0 atom stereocenters. The molecule has 0 bridgehead atoms. The first-order chi connectivity index (χ1) is 10.3. The van der Waals surface area contributed by atoms with Gasteiger partial charge in [0.25, 0.3) is 0 Å². The third-order valence-corrected chi connectivity index (χ3v) is 3.65. The third-order valence-electron chi connectivity index (χ3n) is 3.65. The van der Waals surface area contributed by atoms with Crippen molar-refractivity contribution in [2.45, 2.75) is 26.4 Å². The normalized spacial score (nSPS) is 11.0. The zero-order chi connectivity index (χ0) is 14.9. The topological polar surface area (TPSA) is 15.3 Å². The van der Waals surface area contributed by atoms with Gasteiger partial charge in [-0.3, -0.25) is 0 Å². The zero-order valence-electron chi connectivity index (χ0n) is 13.2. The lowest BCUT2D eigenvalue weighted by atomic mass is 10.1. The van der Waals surface area contributed by atoms with Crippen LogP contribution in [0, 0.1) is 0 Å². The number of rotatable bonds is 8. The Balaban J connectivity index is 1.83. The van der Waals surface area contributed by atoms with Gasteiger partial charge in [-0.1, -0.05) is 61.5 Å². The first kappa shape index (κ1) is 15.7. The highest BCUT2D eigenvalue weighted by atomic mass is 15.1. The quantitative estimate of drug-likeness (QED) is 0.797. The van der Waals surface area contributed by atoms with E-state index in [1.807, 2.05) is 0 Å². The van der Waals surface area contributed by atoms with Crippen molar-refractivity contribution in [3.05, 3.63) is 71.3 Å². The van der Waals surface area contributed by atoms with Gasteiger partial charge < -0.3 is 10.2 Å². The molecule has 21 heavy (non-hydrogen) atoms. The maximum absolute atomic E-state index is 3.38. The number of benzene rings is 2. The van der Waals surface area contributed by atoms with E-state index in [1.54, 1.807) is 0 Å². The predicted molar refractivity (Wildman–Crippen MR) is 90.3 cm³/mol. The van der Waals surface area contributed by atoms with Gasteiger partial charge in [-0.15, -0.1) is 0 Å². The van der Waals surface area contributed by atoms with Crippen LogP contribution in [0.3, 0.4) is 0 Å². The highest BCUT2D eigenvalue weighted by Gasteiger charge is 2.02. The van der Waals surface area contributed by atoms with Gasteiger partial charge in [0, 0.05) is 19.6 Å². The summed E-state index contributed by atoms with van der Waals surface area (Å²) >= 11 is 0. The van der Waals surface area contributed by atoms with E-state index in [0.717, 1.165) is 32.6 Å². The summed E-state index contributed by atoms with van der Waals surface area (Å²) in [5.74, 6) is 0. The average molecular weight is 282 g/mol. The van der Waals surface area contributed by atoms with Gasteiger partial charge in [-0.05, 0) is 36.7 Å². The van der Waals surface area contributed by atoms with Crippen LogP contribution in [0.4, 0.5) is 0 Å². The Labute approximate surface area is 128 Å². The van der Waals surface area contributed by atoms with Crippen molar-refractivity contribution < 1.29 is 0 Å². The minimum absolute atomic E-state index is 0.956. The molecule has 0 aromatic heterocycles. The van der Waals surface area contributed by atoms with Gasteiger partial charge in [0.15, 0.2) is 0 Å². The second kappa shape index (κ2) is 8.60. The summed E-state index contributed by atoms with van der Waals surface area (Å²) in [6.45, 7) is 6.20. The molecule has 2 aromatic carbocycles. The summed E-state index contributed by atoms with van der Waals surface area (Å²) in [7, 11) is 2.19. The van der Waals surface area contributed by atoms with Crippen LogP contribution in [-0.2, 0) is 19.5 Å².